The molecule has 122 valence electrons. The second-order valence-electron chi connectivity index (χ2n) is 5.69. The Morgan fingerprint density at radius 3 is 2.87 bits per heavy atom. The zero-order chi connectivity index (χ0) is 16.6. The van der Waals surface area contributed by atoms with Crippen molar-refractivity contribution in [1.82, 2.24) is 5.16 Å². The van der Waals surface area contributed by atoms with Crippen molar-refractivity contribution in [2.45, 2.75) is 12.8 Å². The molecule has 1 aliphatic rings. The largest absolute Gasteiger partial charge is 0.494 e. The molecule has 1 aliphatic carbocycles. The second-order valence-corrected chi connectivity index (χ2v) is 5.69. The minimum atomic E-state index is -1.14. The highest BCUT2D eigenvalue weighted by Gasteiger charge is 2.30. The van der Waals surface area contributed by atoms with E-state index in [1.807, 2.05) is 0 Å². The van der Waals surface area contributed by atoms with Gasteiger partial charge in [0, 0.05) is 19.2 Å². The molecule has 1 N–H and O–H groups in total. The van der Waals surface area contributed by atoms with E-state index < -0.39 is 11.8 Å². The van der Waals surface area contributed by atoms with Crippen molar-refractivity contribution in [1.29, 1.82) is 0 Å². The fraction of sp³-hybridized carbons (Fsp3) is 0.375. The number of anilines is 1. The summed E-state index contributed by atoms with van der Waals surface area (Å²) in [6, 6.07) is 4.04. The number of benzene rings is 1. The number of methoxy groups -OCH3 is 1. The predicted octanol–water partition coefficient (Wildman–Crippen LogP) is 3.03. The molecular weight excluding hydrogens is 303 g/mol. The molecule has 0 bridgehead atoms. The number of hydrogen-bond acceptors (Lipinski definition) is 5. The lowest BCUT2D eigenvalue weighted by Crippen LogP contribution is -2.22. The number of hydrogen-bond donors (Lipinski definition) is 1. The zero-order valence-electron chi connectivity index (χ0n) is 12.9. The van der Waals surface area contributed by atoms with E-state index in [0.29, 0.717) is 11.5 Å². The summed E-state index contributed by atoms with van der Waals surface area (Å²) >= 11 is 0. The third-order valence-electron chi connectivity index (χ3n) is 3.89. The average Bonchev–Trinajstić information content (AvgIpc) is 3.21. The number of nitrogens with zero attached hydrogens (tertiary/aromatic N) is 2. The molecule has 1 aromatic carbocycles. The molecular formula is C16H17FN2O4. The van der Waals surface area contributed by atoms with Crippen LogP contribution in [0.2, 0.25) is 0 Å². The van der Waals surface area contributed by atoms with Gasteiger partial charge in [-0.3, -0.25) is 0 Å². The molecule has 23 heavy (non-hydrogen) atoms. The summed E-state index contributed by atoms with van der Waals surface area (Å²) < 4.78 is 23.7. The summed E-state index contributed by atoms with van der Waals surface area (Å²) in [5.74, 6) is -0.701. The van der Waals surface area contributed by atoms with Crippen molar-refractivity contribution in [3.8, 4) is 17.1 Å². The van der Waals surface area contributed by atoms with Crippen LogP contribution in [0.5, 0.6) is 5.75 Å². The molecule has 0 radical (unpaired) electrons. The smallest absolute Gasteiger partial charge is 0.343 e. The maximum Gasteiger partial charge on any atom is 0.343 e. The number of carboxylic acids is 1. The first-order valence-electron chi connectivity index (χ1n) is 7.29. The van der Waals surface area contributed by atoms with Gasteiger partial charge in [-0.25, -0.2) is 9.18 Å². The van der Waals surface area contributed by atoms with Gasteiger partial charge < -0.3 is 19.3 Å². The van der Waals surface area contributed by atoms with Gasteiger partial charge in [0.1, 0.15) is 0 Å². The van der Waals surface area contributed by atoms with Gasteiger partial charge in [-0.1, -0.05) is 5.16 Å². The summed E-state index contributed by atoms with van der Waals surface area (Å²) in [5.41, 5.74) is 0.376. The maximum atomic E-state index is 13.5. The van der Waals surface area contributed by atoms with Crippen molar-refractivity contribution >= 4 is 11.8 Å². The molecule has 2 aromatic rings. The fourth-order valence-electron chi connectivity index (χ4n) is 2.51. The summed E-state index contributed by atoms with van der Waals surface area (Å²) in [6.07, 6.45) is 2.29. The van der Waals surface area contributed by atoms with Gasteiger partial charge in [0.05, 0.1) is 7.11 Å². The number of carbonyl (C=O) groups is 1. The van der Waals surface area contributed by atoms with Crippen LogP contribution < -0.4 is 9.64 Å². The standard InChI is InChI=1S/C16H17FN2O4/c1-19(8-9-3-4-9)15-13(16(20)21)14(23-18-15)10-5-6-11(17)12(7-10)22-2/h5-7,9H,3-4,8H2,1-2H3,(H,20,21). The zero-order valence-corrected chi connectivity index (χ0v) is 12.9. The van der Waals surface area contributed by atoms with E-state index in [1.165, 1.54) is 25.3 Å². The number of rotatable bonds is 6. The van der Waals surface area contributed by atoms with Crippen molar-refractivity contribution in [3.63, 3.8) is 0 Å². The molecule has 0 unspecified atom stereocenters. The van der Waals surface area contributed by atoms with Crippen molar-refractivity contribution < 1.29 is 23.6 Å². The van der Waals surface area contributed by atoms with E-state index in [2.05, 4.69) is 5.16 Å². The second kappa shape index (κ2) is 5.91. The topological polar surface area (TPSA) is 75.8 Å². The van der Waals surface area contributed by atoms with Crippen LogP contribution in [0.15, 0.2) is 22.7 Å². The number of carboxylic acid groups (broad SMARTS) is 1. The molecule has 0 amide bonds. The number of aromatic carboxylic acids is 1. The van der Waals surface area contributed by atoms with Gasteiger partial charge in [-0.2, -0.15) is 0 Å². The van der Waals surface area contributed by atoms with Gasteiger partial charge in [0.2, 0.25) is 0 Å². The van der Waals surface area contributed by atoms with Crippen LogP contribution in [-0.2, 0) is 0 Å². The van der Waals surface area contributed by atoms with Crippen molar-refractivity contribution in [3.05, 3.63) is 29.6 Å². The lowest BCUT2D eigenvalue weighted by molar-refractivity contribution is 0.0698. The molecule has 0 atom stereocenters. The minimum absolute atomic E-state index is 0.0168. The summed E-state index contributed by atoms with van der Waals surface area (Å²) in [4.78, 5) is 13.5. The van der Waals surface area contributed by atoms with Crippen molar-refractivity contribution in [2.75, 3.05) is 25.6 Å². The highest BCUT2D eigenvalue weighted by Crippen LogP contribution is 2.36. The molecule has 0 saturated heterocycles. The van der Waals surface area contributed by atoms with Crippen LogP contribution >= 0.6 is 0 Å². The molecule has 0 spiro atoms. The molecule has 6 nitrogen and oxygen atoms in total. The first-order valence-corrected chi connectivity index (χ1v) is 7.29. The van der Waals surface area contributed by atoms with E-state index in [9.17, 15) is 14.3 Å². The van der Waals surface area contributed by atoms with Gasteiger partial charge in [-0.05, 0) is 37.0 Å². The fourth-order valence-corrected chi connectivity index (χ4v) is 2.51. The van der Waals surface area contributed by atoms with E-state index in [4.69, 9.17) is 9.26 Å². The summed E-state index contributed by atoms with van der Waals surface area (Å²) in [6.45, 7) is 0.735. The van der Waals surface area contributed by atoms with Crippen LogP contribution in [0.3, 0.4) is 0 Å². The Balaban J connectivity index is 2.02. The molecule has 0 aliphatic heterocycles. The Kier molecular flexibility index (Phi) is 3.94. The van der Waals surface area contributed by atoms with Crippen LogP contribution in [0.25, 0.3) is 11.3 Å². The van der Waals surface area contributed by atoms with E-state index in [0.717, 1.165) is 19.4 Å². The van der Waals surface area contributed by atoms with Crippen molar-refractivity contribution in [2.24, 2.45) is 5.92 Å². The van der Waals surface area contributed by atoms with Gasteiger partial charge in [0.25, 0.3) is 0 Å². The Morgan fingerprint density at radius 1 is 1.52 bits per heavy atom. The van der Waals surface area contributed by atoms with Gasteiger partial charge >= 0.3 is 5.97 Å². The van der Waals surface area contributed by atoms with Crippen LogP contribution in [0.1, 0.15) is 23.2 Å². The van der Waals surface area contributed by atoms with Gasteiger partial charge in [0.15, 0.2) is 28.7 Å². The Labute approximate surface area is 132 Å². The quantitative estimate of drug-likeness (QED) is 0.881. The van der Waals surface area contributed by atoms with Crippen LogP contribution in [0, 0.1) is 11.7 Å². The monoisotopic (exact) mass is 320 g/mol. The highest BCUT2D eigenvalue weighted by atomic mass is 19.1. The van der Waals surface area contributed by atoms with E-state index in [-0.39, 0.29) is 22.9 Å². The molecule has 3 rings (SSSR count). The third-order valence-corrected chi connectivity index (χ3v) is 3.89. The molecule has 1 aromatic heterocycles. The van der Waals surface area contributed by atoms with E-state index >= 15 is 0 Å². The SMILES string of the molecule is COc1cc(-c2onc(N(C)CC3CC3)c2C(=O)O)ccc1F. The Hall–Kier alpha value is -2.57. The van der Waals surface area contributed by atoms with Gasteiger partial charge in [-0.15, -0.1) is 0 Å². The maximum absolute atomic E-state index is 13.5. The highest BCUT2D eigenvalue weighted by molar-refractivity contribution is 5.99. The lowest BCUT2D eigenvalue weighted by Gasteiger charge is -2.15. The average molecular weight is 320 g/mol. The molecule has 1 heterocycles. The minimum Gasteiger partial charge on any atom is -0.494 e. The number of halogens is 1. The Morgan fingerprint density at radius 2 is 2.26 bits per heavy atom. The third kappa shape index (κ3) is 2.99. The Bertz CT molecular complexity index is 740. The first-order chi connectivity index (χ1) is 11.0. The lowest BCUT2D eigenvalue weighted by atomic mass is 10.1. The molecule has 1 saturated carbocycles. The predicted molar refractivity (Wildman–Crippen MR) is 81.4 cm³/mol. The first kappa shape index (κ1) is 15.3. The summed E-state index contributed by atoms with van der Waals surface area (Å²) in [5, 5.41) is 13.5. The van der Waals surface area contributed by atoms with Crippen LogP contribution in [-0.4, -0.2) is 36.9 Å². The normalized spacial score (nSPS) is 13.9. The molecule has 7 heteroatoms. The number of ether oxygens (including phenoxy) is 1. The van der Waals surface area contributed by atoms with E-state index in [1.54, 1.807) is 11.9 Å². The number of aromatic nitrogens is 1. The molecule has 1 fully saturated rings. The van der Waals surface area contributed by atoms with Crippen LogP contribution in [0.4, 0.5) is 10.2 Å². The summed E-state index contributed by atoms with van der Waals surface area (Å²) in [7, 11) is 3.13.